The van der Waals surface area contributed by atoms with Gasteiger partial charge in [-0.25, -0.2) is 4.79 Å². The topological polar surface area (TPSA) is 69.7 Å². The molecule has 0 N–H and O–H groups in total. The van der Waals surface area contributed by atoms with E-state index in [4.69, 9.17) is 4.74 Å². The van der Waals surface area contributed by atoms with Gasteiger partial charge in [-0.15, -0.1) is 0 Å². The monoisotopic (exact) mass is 271 g/mol. The molecule has 2 atom stereocenters. The predicted octanol–water partition coefficient (Wildman–Crippen LogP) is -1.87. The average Bonchev–Trinajstić information content (AvgIpc) is 2.48. The van der Waals surface area contributed by atoms with Crippen molar-refractivity contribution in [3.63, 3.8) is 0 Å². The van der Waals surface area contributed by atoms with Gasteiger partial charge in [-0.3, -0.25) is 4.21 Å². The summed E-state index contributed by atoms with van der Waals surface area (Å²) >= 11 is -2.03. The number of amides is 1. The minimum atomic E-state index is -2.03. The van der Waals surface area contributed by atoms with E-state index in [0.29, 0.717) is 13.1 Å². The van der Waals surface area contributed by atoms with Crippen LogP contribution in [0.4, 0.5) is 4.79 Å². The van der Waals surface area contributed by atoms with Crippen LogP contribution in [0.1, 0.15) is 27.2 Å². The van der Waals surface area contributed by atoms with Crippen molar-refractivity contribution in [2.24, 2.45) is 5.92 Å². The SMILES string of the molecule is CC(C)(C)OC(=O)N1CCC(CS(=O)[O-])C1.[Na+]. The molecule has 17 heavy (non-hydrogen) atoms. The van der Waals surface area contributed by atoms with Gasteiger partial charge in [0.1, 0.15) is 5.60 Å². The standard InChI is InChI=1S/C10H19NO4S.Na/c1-10(2,3)15-9(12)11-5-4-8(6-11)7-16(13)14;/h8H,4-7H2,1-3H3,(H,13,14);/q;+1/p-1. The van der Waals surface area contributed by atoms with Crippen LogP contribution in [0.3, 0.4) is 0 Å². The predicted molar refractivity (Wildman–Crippen MR) is 59.7 cm³/mol. The van der Waals surface area contributed by atoms with Crippen molar-refractivity contribution in [2.45, 2.75) is 32.8 Å². The quantitative estimate of drug-likeness (QED) is 0.436. The van der Waals surface area contributed by atoms with E-state index in [1.807, 2.05) is 20.8 Å². The molecule has 94 valence electrons. The Labute approximate surface area is 127 Å². The van der Waals surface area contributed by atoms with Crippen molar-refractivity contribution in [1.29, 1.82) is 0 Å². The molecule has 0 spiro atoms. The molecule has 7 heteroatoms. The molecule has 1 heterocycles. The molecule has 1 aliphatic heterocycles. The van der Waals surface area contributed by atoms with Gasteiger partial charge in [0.05, 0.1) is 0 Å². The minimum absolute atomic E-state index is 0. The summed E-state index contributed by atoms with van der Waals surface area (Å²) in [6.45, 7) is 6.49. The van der Waals surface area contributed by atoms with E-state index in [9.17, 15) is 13.6 Å². The maximum absolute atomic E-state index is 11.6. The number of ether oxygens (including phenoxy) is 1. The normalized spacial score (nSPS) is 21.9. The molecule has 0 aromatic rings. The second kappa shape index (κ2) is 7.09. The van der Waals surface area contributed by atoms with Crippen molar-refractivity contribution in [1.82, 2.24) is 4.90 Å². The molecule has 1 fully saturated rings. The van der Waals surface area contributed by atoms with Gasteiger partial charge < -0.3 is 14.2 Å². The molecule has 0 bridgehead atoms. The zero-order valence-corrected chi connectivity index (χ0v) is 13.7. The molecule has 0 saturated carbocycles. The number of likely N-dealkylation sites (tertiary alicyclic amines) is 1. The summed E-state index contributed by atoms with van der Waals surface area (Å²) in [4.78, 5) is 13.2. The number of hydrogen-bond acceptors (Lipinski definition) is 4. The molecule has 1 saturated heterocycles. The van der Waals surface area contributed by atoms with E-state index in [-0.39, 0.29) is 47.3 Å². The van der Waals surface area contributed by atoms with Crippen molar-refractivity contribution in [3.8, 4) is 0 Å². The Hall–Kier alpha value is 0.380. The van der Waals surface area contributed by atoms with E-state index in [2.05, 4.69) is 0 Å². The summed E-state index contributed by atoms with van der Waals surface area (Å²) in [7, 11) is 0. The van der Waals surface area contributed by atoms with Crippen LogP contribution in [0.2, 0.25) is 0 Å². The smallest absolute Gasteiger partial charge is 0.772 e. The molecule has 0 aromatic heterocycles. The first-order valence-corrected chi connectivity index (χ1v) is 6.56. The van der Waals surface area contributed by atoms with Gasteiger partial charge in [-0.2, -0.15) is 0 Å². The number of carbonyl (C=O) groups is 1. The summed E-state index contributed by atoms with van der Waals surface area (Å²) in [5, 5.41) is 0. The van der Waals surface area contributed by atoms with Crippen LogP contribution in [-0.2, 0) is 15.8 Å². The fourth-order valence-corrected chi connectivity index (χ4v) is 2.31. The van der Waals surface area contributed by atoms with Gasteiger partial charge in [0, 0.05) is 18.8 Å². The molecule has 0 radical (unpaired) electrons. The second-order valence-electron chi connectivity index (χ2n) is 5.05. The fourth-order valence-electron chi connectivity index (χ4n) is 1.65. The summed E-state index contributed by atoms with van der Waals surface area (Å²) in [6.07, 6.45) is 0.374. The average molecular weight is 271 g/mol. The first kappa shape index (κ1) is 17.4. The first-order chi connectivity index (χ1) is 7.28. The van der Waals surface area contributed by atoms with Crippen LogP contribution in [0, 0.1) is 5.92 Å². The van der Waals surface area contributed by atoms with Crippen LogP contribution < -0.4 is 29.6 Å². The van der Waals surface area contributed by atoms with Crippen LogP contribution in [0.25, 0.3) is 0 Å². The van der Waals surface area contributed by atoms with Crippen molar-refractivity contribution >= 4 is 17.2 Å². The third kappa shape index (κ3) is 6.76. The van der Waals surface area contributed by atoms with Gasteiger partial charge >= 0.3 is 35.7 Å². The minimum Gasteiger partial charge on any atom is -0.772 e. The van der Waals surface area contributed by atoms with E-state index >= 15 is 0 Å². The molecule has 1 aliphatic rings. The van der Waals surface area contributed by atoms with Crippen molar-refractivity contribution < 1.29 is 47.9 Å². The first-order valence-electron chi connectivity index (χ1n) is 5.32. The molecule has 5 nitrogen and oxygen atoms in total. The third-order valence-corrected chi connectivity index (χ3v) is 3.05. The zero-order valence-electron chi connectivity index (χ0n) is 10.9. The Bertz CT molecular complexity index is 293. The molecule has 1 amide bonds. The Balaban J connectivity index is 0.00000256. The van der Waals surface area contributed by atoms with Gasteiger partial charge in [0.2, 0.25) is 0 Å². The van der Waals surface area contributed by atoms with Crippen LogP contribution >= 0.6 is 0 Å². The van der Waals surface area contributed by atoms with Crippen molar-refractivity contribution in [2.75, 3.05) is 18.8 Å². The second-order valence-corrected chi connectivity index (χ2v) is 5.99. The maximum atomic E-state index is 11.6. The molecular weight excluding hydrogens is 253 g/mol. The van der Waals surface area contributed by atoms with Gasteiger partial charge in [0.25, 0.3) is 0 Å². The molecule has 2 unspecified atom stereocenters. The molecule has 1 rings (SSSR count). The van der Waals surface area contributed by atoms with Crippen LogP contribution in [-0.4, -0.2) is 44.2 Å². The number of carbonyl (C=O) groups excluding carboxylic acids is 1. The van der Waals surface area contributed by atoms with E-state index in [1.54, 1.807) is 4.90 Å². The largest absolute Gasteiger partial charge is 1.00 e. The van der Waals surface area contributed by atoms with Gasteiger partial charge in [-0.1, -0.05) is 11.1 Å². The van der Waals surface area contributed by atoms with Crippen LogP contribution in [0.15, 0.2) is 0 Å². The fraction of sp³-hybridized carbons (Fsp3) is 0.900. The Kier molecular flexibility index (Phi) is 7.25. The third-order valence-electron chi connectivity index (χ3n) is 2.31. The van der Waals surface area contributed by atoms with E-state index < -0.39 is 16.7 Å². The molecule has 0 aromatic carbocycles. The van der Waals surface area contributed by atoms with Gasteiger partial charge in [-0.05, 0) is 33.1 Å². The Morgan fingerprint density at radius 3 is 2.59 bits per heavy atom. The van der Waals surface area contributed by atoms with Gasteiger partial charge in [0.15, 0.2) is 0 Å². The number of rotatable bonds is 2. The summed E-state index contributed by atoms with van der Waals surface area (Å²) in [5.74, 6) is 0.171. The maximum Gasteiger partial charge on any atom is 1.00 e. The zero-order chi connectivity index (χ0) is 12.3. The summed E-state index contributed by atoms with van der Waals surface area (Å²) in [5.41, 5.74) is -0.503. The number of nitrogens with zero attached hydrogens (tertiary/aromatic N) is 1. The van der Waals surface area contributed by atoms with E-state index in [0.717, 1.165) is 6.42 Å². The summed E-state index contributed by atoms with van der Waals surface area (Å²) < 4.78 is 26.3. The Morgan fingerprint density at radius 1 is 1.53 bits per heavy atom. The van der Waals surface area contributed by atoms with E-state index in [1.165, 1.54) is 0 Å². The van der Waals surface area contributed by atoms with Crippen LogP contribution in [0.5, 0.6) is 0 Å². The number of hydrogen-bond donors (Lipinski definition) is 0. The molecule has 0 aliphatic carbocycles. The summed E-state index contributed by atoms with van der Waals surface area (Å²) in [6, 6.07) is 0. The Morgan fingerprint density at radius 2 is 2.12 bits per heavy atom. The van der Waals surface area contributed by atoms with Crippen molar-refractivity contribution in [3.05, 3.63) is 0 Å². The molecular formula is C10H18NNaO4S.